The third-order valence-electron chi connectivity index (χ3n) is 3.15. The van der Waals surface area contributed by atoms with Crippen molar-refractivity contribution in [2.24, 2.45) is 0 Å². The van der Waals surface area contributed by atoms with Crippen LogP contribution in [0.1, 0.15) is 37.7 Å². The molecule has 1 radical (unpaired) electrons. The second kappa shape index (κ2) is 5.71. The molecule has 91 valence electrons. The Kier molecular flexibility index (Phi) is 4.02. The molecule has 1 fully saturated rings. The average molecular weight is 231 g/mol. The van der Waals surface area contributed by atoms with E-state index in [-0.39, 0.29) is 6.03 Å². The van der Waals surface area contributed by atoms with Gasteiger partial charge in [-0.05, 0) is 37.5 Å². The van der Waals surface area contributed by atoms with Crippen molar-refractivity contribution in [3.8, 4) is 0 Å². The molecule has 0 atom stereocenters. The Morgan fingerprint density at radius 3 is 2.41 bits per heavy atom. The van der Waals surface area contributed by atoms with Gasteiger partial charge in [0.15, 0.2) is 0 Å². The van der Waals surface area contributed by atoms with Gasteiger partial charge in [-0.15, -0.1) is 0 Å². The standard InChI is InChI=1S/C14H19N2O/c1-11-7-9-13(10-8-11)16-14(17)15-12-5-3-2-4-6-12/h7-10,12H,1-6H2,(H2,15,16,17). The first-order valence-electron chi connectivity index (χ1n) is 6.23. The van der Waals surface area contributed by atoms with Gasteiger partial charge in [-0.2, -0.15) is 0 Å². The highest BCUT2D eigenvalue weighted by Crippen LogP contribution is 2.17. The highest BCUT2D eigenvalue weighted by atomic mass is 16.2. The van der Waals surface area contributed by atoms with E-state index in [4.69, 9.17) is 0 Å². The molecule has 3 nitrogen and oxygen atoms in total. The zero-order chi connectivity index (χ0) is 12.1. The summed E-state index contributed by atoms with van der Waals surface area (Å²) in [5, 5.41) is 5.85. The van der Waals surface area contributed by atoms with Crippen molar-refractivity contribution in [2.45, 2.75) is 38.1 Å². The van der Waals surface area contributed by atoms with E-state index in [9.17, 15) is 4.79 Å². The van der Waals surface area contributed by atoms with E-state index >= 15 is 0 Å². The van der Waals surface area contributed by atoms with Crippen molar-refractivity contribution < 1.29 is 4.79 Å². The number of anilines is 1. The van der Waals surface area contributed by atoms with Crippen molar-refractivity contribution in [2.75, 3.05) is 5.32 Å². The number of nitrogens with one attached hydrogen (secondary N) is 2. The molecule has 0 spiro atoms. The van der Waals surface area contributed by atoms with Gasteiger partial charge in [0.1, 0.15) is 0 Å². The van der Waals surface area contributed by atoms with E-state index < -0.39 is 0 Å². The largest absolute Gasteiger partial charge is 0.335 e. The van der Waals surface area contributed by atoms with Crippen molar-refractivity contribution in [1.82, 2.24) is 5.32 Å². The van der Waals surface area contributed by atoms with E-state index in [2.05, 4.69) is 17.6 Å². The quantitative estimate of drug-likeness (QED) is 0.805. The summed E-state index contributed by atoms with van der Waals surface area (Å²) >= 11 is 0. The lowest BCUT2D eigenvalue weighted by atomic mass is 9.96. The smallest absolute Gasteiger partial charge is 0.319 e. The van der Waals surface area contributed by atoms with Crippen LogP contribution >= 0.6 is 0 Å². The molecule has 0 saturated heterocycles. The number of urea groups is 1. The number of hydrogen-bond donors (Lipinski definition) is 2. The minimum Gasteiger partial charge on any atom is -0.335 e. The van der Waals surface area contributed by atoms with Crippen LogP contribution in [0.3, 0.4) is 0 Å². The fourth-order valence-electron chi connectivity index (χ4n) is 2.19. The summed E-state index contributed by atoms with van der Waals surface area (Å²) < 4.78 is 0. The zero-order valence-electron chi connectivity index (χ0n) is 10.0. The van der Waals surface area contributed by atoms with Gasteiger partial charge < -0.3 is 10.6 Å². The maximum atomic E-state index is 11.7. The number of carbonyl (C=O) groups excluding carboxylic acids is 1. The zero-order valence-corrected chi connectivity index (χ0v) is 10.0. The third kappa shape index (κ3) is 3.77. The van der Waals surface area contributed by atoms with Crippen LogP contribution in [0.2, 0.25) is 0 Å². The topological polar surface area (TPSA) is 41.1 Å². The molecule has 1 aromatic rings. The van der Waals surface area contributed by atoms with Gasteiger partial charge >= 0.3 is 6.03 Å². The summed E-state index contributed by atoms with van der Waals surface area (Å²) in [5.74, 6) is 0. The molecule has 2 N–H and O–H groups in total. The molecule has 17 heavy (non-hydrogen) atoms. The molecule has 1 saturated carbocycles. The fraction of sp³-hybridized carbons (Fsp3) is 0.429. The second-order valence-corrected chi connectivity index (χ2v) is 4.63. The number of hydrogen-bond acceptors (Lipinski definition) is 1. The molecule has 0 heterocycles. The molecule has 2 rings (SSSR count). The molecule has 0 bridgehead atoms. The van der Waals surface area contributed by atoms with Gasteiger partial charge in [0.2, 0.25) is 0 Å². The first kappa shape index (κ1) is 12.0. The Bertz CT molecular complexity index is 366. The molecule has 1 aliphatic carbocycles. The van der Waals surface area contributed by atoms with Crippen LogP contribution in [0, 0.1) is 6.92 Å². The number of benzene rings is 1. The van der Waals surface area contributed by atoms with Gasteiger partial charge in [0.05, 0.1) is 0 Å². The van der Waals surface area contributed by atoms with Crippen molar-refractivity contribution in [3.05, 3.63) is 36.8 Å². The molecule has 0 aliphatic heterocycles. The summed E-state index contributed by atoms with van der Waals surface area (Å²) in [6.45, 7) is 3.81. The minimum absolute atomic E-state index is 0.103. The predicted octanol–water partition coefficient (Wildman–Crippen LogP) is 3.32. The molecule has 0 unspecified atom stereocenters. The average Bonchev–Trinajstić information content (AvgIpc) is 2.33. The number of carbonyl (C=O) groups is 1. The predicted molar refractivity (Wildman–Crippen MR) is 69.9 cm³/mol. The minimum atomic E-state index is -0.103. The van der Waals surface area contributed by atoms with Gasteiger partial charge in [0.25, 0.3) is 0 Å². The Hall–Kier alpha value is -1.51. The summed E-state index contributed by atoms with van der Waals surface area (Å²) in [4.78, 5) is 11.7. The highest BCUT2D eigenvalue weighted by molar-refractivity contribution is 5.89. The van der Waals surface area contributed by atoms with Crippen LogP contribution in [-0.4, -0.2) is 12.1 Å². The monoisotopic (exact) mass is 231 g/mol. The van der Waals surface area contributed by atoms with E-state index in [0.29, 0.717) is 6.04 Å². The molecular weight excluding hydrogens is 212 g/mol. The lowest BCUT2D eigenvalue weighted by molar-refractivity contribution is 0.244. The van der Waals surface area contributed by atoms with Gasteiger partial charge in [-0.3, -0.25) is 0 Å². The number of rotatable bonds is 2. The molecular formula is C14H19N2O. The van der Waals surface area contributed by atoms with Gasteiger partial charge in [-0.25, -0.2) is 4.79 Å². The fourth-order valence-corrected chi connectivity index (χ4v) is 2.19. The second-order valence-electron chi connectivity index (χ2n) is 4.63. The molecule has 2 amide bonds. The van der Waals surface area contributed by atoms with Crippen LogP contribution < -0.4 is 10.6 Å². The summed E-state index contributed by atoms with van der Waals surface area (Å²) in [5.41, 5.74) is 1.76. The van der Waals surface area contributed by atoms with E-state index in [1.807, 2.05) is 24.3 Å². The molecule has 0 aromatic heterocycles. The summed E-state index contributed by atoms with van der Waals surface area (Å²) in [7, 11) is 0. The lowest BCUT2D eigenvalue weighted by Gasteiger charge is -2.22. The van der Waals surface area contributed by atoms with Crippen LogP contribution in [0.25, 0.3) is 0 Å². The normalized spacial score (nSPS) is 16.5. The number of amides is 2. The Balaban J connectivity index is 1.82. The van der Waals surface area contributed by atoms with Crippen LogP contribution in [-0.2, 0) is 0 Å². The van der Waals surface area contributed by atoms with Gasteiger partial charge in [-0.1, -0.05) is 31.4 Å². The van der Waals surface area contributed by atoms with Crippen molar-refractivity contribution >= 4 is 11.7 Å². The Labute approximate surface area is 103 Å². The molecule has 1 aromatic carbocycles. The van der Waals surface area contributed by atoms with Crippen molar-refractivity contribution in [1.29, 1.82) is 0 Å². The first-order valence-corrected chi connectivity index (χ1v) is 6.23. The van der Waals surface area contributed by atoms with E-state index in [1.165, 1.54) is 19.3 Å². The summed E-state index contributed by atoms with van der Waals surface area (Å²) in [6, 6.07) is 7.74. The van der Waals surface area contributed by atoms with Gasteiger partial charge in [0, 0.05) is 11.7 Å². The maximum Gasteiger partial charge on any atom is 0.319 e. The lowest BCUT2D eigenvalue weighted by Crippen LogP contribution is -2.38. The van der Waals surface area contributed by atoms with Crippen LogP contribution in [0.5, 0.6) is 0 Å². The van der Waals surface area contributed by atoms with Crippen molar-refractivity contribution in [3.63, 3.8) is 0 Å². The maximum absolute atomic E-state index is 11.7. The summed E-state index contributed by atoms with van der Waals surface area (Å²) in [6.07, 6.45) is 5.95. The Morgan fingerprint density at radius 2 is 1.76 bits per heavy atom. The van der Waals surface area contributed by atoms with Crippen LogP contribution in [0.15, 0.2) is 24.3 Å². The van der Waals surface area contributed by atoms with E-state index in [1.54, 1.807) is 0 Å². The van der Waals surface area contributed by atoms with Crippen LogP contribution in [0.4, 0.5) is 10.5 Å². The molecule has 1 aliphatic rings. The molecule has 3 heteroatoms. The highest BCUT2D eigenvalue weighted by Gasteiger charge is 2.15. The third-order valence-corrected chi connectivity index (χ3v) is 3.15. The Morgan fingerprint density at radius 1 is 1.12 bits per heavy atom. The van der Waals surface area contributed by atoms with E-state index in [0.717, 1.165) is 24.1 Å². The first-order chi connectivity index (χ1) is 8.24. The SMILES string of the molecule is [CH2]c1ccc(NC(=O)NC2CCCCC2)cc1.